The van der Waals surface area contributed by atoms with E-state index < -0.39 is 0 Å². The fourth-order valence-corrected chi connectivity index (χ4v) is 3.34. The topological polar surface area (TPSA) is 106 Å². The third kappa shape index (κ3) is 2.70. The average Bonchev–Trinajstić information content (AvgIpc) is 3.09. The molecule has 0 aliphatic carbocycles. The van der Waals surface area contributed by atoms with Gasteiger partial charge in [0.15, 0.2) is 5.65 Å². The van der Waals surface area contributed by atoms with Crippen molar-refractivity contribution in [2.24, 2.45) is 5.73 Å². The number of nitrogens with one attached hydrogen (secondary N) is 2. The van der Waals surface area contributed by atoms with Gasteiger partial charge < -0.3 is 10.5 Å². The second-order valence-corrected chi connectivity index (χ2v) is 6.32. The summed E-state index contributed by atoms with van der Waals surface area (Å²) in [5.74, 6) is 0.492. The number of benzene rings is 1. The molecule has 4 N–H and O–H groups in total. The predicted octanol–water partition coefficient (Wildman–Crippen LogP) is 2.18. The smallest absolute Gasteiger partial charge is 0.261 e. The summed E-state index contributed by atoms with van der Waals surface area (Å²) < 4.78 is 8.44. The number of pyridine rings is 1. The van der Waals surface area contributed by atoms with Crippen LogP contribution in [0.3, 0.4) is 0 Å². The summed E-state index contributed by atoms with van der Waals surface area (Å²) in [6.07, 6.45) is 4.14. The third-order valence-electron chi connectivity index (χ3n) is 3.93. The van der Waals surface area contributed by atoms with E-state index >= 15 is 0 Å². The van der Waals surface area contributed by atoms with Crippen LogP contribution in [0.2, 0.25) is 0 Å². The molecule has 24 heavy (non-hydrogen) atoms. The van der Waals surface area contributed by atoms with Gasteiger partial charge in [0.2, 0.25) is 0 Å². The second kappa shape index (κ2) is 6.14. The molecule has 0 bridgehead atoms. The van der Waals surface area contributed by atoms with Gasteiger partial charge in [-0.15, -0.1) is 0 Å². The Kier molecular flexibility index (Phi) is 3.83. The average molecular weight is 341 g/mol. The highest BCUT2D eigenvalue weighted by Crippen LogP contribution is 2.31. The number of aromatic amines is 1. The van der Waals surface area contributed by atoms with Crippen LogP contribution in [0.1, 0.15) is 28.4 Å². The standard InChI is InChI=1S/C16H15N5O2S/c17-12-4-6-23-13-7-9(1-2-10(12)13)16(22)21-24-14-3-5-18-15-11(14)8-19-20-15/h1-3,5,7-8,12H,4,6,17H2,(H,21,22)(H,18,19,20)/t12-/m1/s1. The minimum atomic E-state index is -0.195. The number of amides is 1. The van der Waals surface area contributed by atoms with Gasteiger partial charge in [0.1, 0.15) is 5.75 Å². The van der Waals surface area contributed by atoms with Crippen LogP contribution in [-0.2, 0) is 0 Å². The molecule has 1 aromatic carbocycles. The van der Waals surface area contributed by atoms with E-state index in [9.17, 15) is 4.79 Å². The molecule has 8 heteroatoms. The Morgan fingerprint density at radius 2 is 2.33 bits per heavy atom. The van der Waals surface area contributed by atoms with Gasteiger partial charge in [-0.3, -0.25) is 14.6 Å². The van der Waals surface area contributed by atoms with Gasteiger partial charge in [-0.1, -0.05) is 6.07 Å². The number of hydrogen-bond donors (Lipinski definition) is 3. The largest absolute Gasteiger partial charge is 0.493 e. The van der Waals surface area contributed by atoms with Crippen LogP contribution in [0.4, 0.5) is 0 Å². The lowest BCUT2D eigenvalue weighted by molar-refractivity contribution is 0.0983. The van der Waals surface area contributed by atoms with Crippen molar-refractivity contribution in [1.29, 1.82) is 0 Å². The van der Waals surface area contributed by atoms with E-state index in [1.807, 2.05) is 12.1 Å². The first kappa shape index (κ1) is 15.0. The Hall–Kier alpha value is -2.58. The number of hydrogen-bond acceptors (Lipinski definition) is 6. The van der Waals surface area contributed by atoms with Gasteiger partial charge in [0.25, 0.3) is 5.91 Å². The van der Waals surface area contributed by atoms with Gasteiger partial charge >= 0.3 is 0 Å². The lowest BCUT2D eigenvalue weighted by Crippen LogP contribution is -2.22. The minimum absolute atomic E-state index is 0.0357. The molecule has 0 saturated heterocycles. The van der Waals surface area contributed by atoms with Crippen molar-refractivity contribution in [2.75, 3.05) is 6.61 Å². The molecule has 7 nitrogen and oxygen atoms in total. The van der Waals surface area contributed by atoms with Crippen molar-refractivity contribution in [3.63, 3.8) is 0 Å². The lowest BCUT2D eigenvalue weighted by atomic mass is 9.99. The second-order valence-electron chi connectivity index (χ2n) is 5.47. The molecule has 1 atom stereocenters. The van der Waals surface area contributed by atoms with E-state index in [1.165, 1.54) is 11.9 Å². The van der Waals surface area contributed by atoms with Crippen LogP contribution < -0.4 is 15.2 Å². The van der Waals surface area contributed by atoms with E-state index in [-0.39, 0.29) is 11.9 Å². The third-order valence-corrected chi connectivity index (χ3v) is 4.79. The molecule has 4 rings (SSSR count). The molecule has 0 radical (unpaired) electrons. The van der Waals surface area contributed by atoms with Crippen molar-refractivity contribution >= 4 is 28.9 Å². The van der Waals surface area contributed by atoms with Crippen molar-refractivity contribution < 1.29 is 9.53 Å². The molecule has 3 aromatic rings. The molecule has 0 saturated carbocycles. The molecule has 122 valence electrons. The zero-order valence-electron chi connectivity index (χ0n) is 12.7. The Balaban J connectivity index is 1.51. The number of nitrogens with two attached hydrogens (primary N) is 1. The quantitative estimate of drug-likeness (QED) is 0.631. The Labute approximate surface area is 142 Å². The Morgan fingerprint density at radius 1 is 1.42 bits per heavy atom. The molecule has 3 heterocycles. The van der Waals surface area contributed by atoms with Crippen molar-refractivity contribution in [3.05, 3.63) is 47.8 Å². The van der Waals surface area contributed by atoms with Gasteiger partial charge in [-0.2, -0.15) is 5.10 Å². The number of rotatable bonds is 3. The fraction of sp³-hybridized carbons (Fsp3) is 0.188. The lowest BCUT2D eigenvalue weighted by Gasteiger charge is -2.23. The number of ether oxygens (including phenoxy) is 1. The van der Waals surface area contributed by atoms with Gasteiger partial charge in [-0.05, 0) is 30.1 Å². The molecule has 2 aromatic heterocycles. The maximum absolute atomic E-state index is 12.4. The number of aromatic nitrogens is 3. The molecule has 0 unspecified atom stereocenters. The first-order valence-electron chi connectivity index (χ1n) is 7.50. The summed E-state index contributed by atoms with van der Waals surface area (Å²) >= 11 is 1.23. The summed E-state index contributed by atoms with van der Waals surface area (Å²) in [5.41, 5.74) is 8.22. The molecule has 1 aliphatic heterocycles. The minimum Gasteiger partial charge on any atom is -0.493 e. The van der Waals surface area contributed by atoms with E-state index in [0.717, 1.165) is 22.3 Å². The predicted molar refractivity (Wildman–Crippen MR) is 90.7 cm³/mol. The fourth-order valence-electron chi connectivity index (χ4n) is 2.63. The summed E-state index contributed by atoms with van der Waals surface area (Å²) in [5, 5.41) is 7.63. The van der Waals surface area contributed by atoms with Crippen LogP contribution in [0.25, 0.3) is 11.0 Å². The number of H-pyrrole nitrogens is 1. The summed E-state index contributed by atoms with van der Waals surface area (Å²) in [6, 6.07) is 7.16. The number of nitrogens with zero attached hydrogens (tertiary/aromatic N) is 2. The first-order valence-corrected chi connectivity index (χ1v) is 8.31. The normalized spacial score (nSPS) is 16.5. The van der Waals surface area contributed by atoms with Crippen LogP contribution >= 0.6 is 11.9 Å². The Morgan fingerprint density at radius 3 is 3.25 bits per heavy atom. The summed E-state index contributed by atoms with van der Waals surface area (Å²) in [4.78, 5) is 17.4. The number of fused-ring (bicyclic) bond motifs is 2. The molecule has 0 fully saturated rings. The van der Waals surface area contributed by atoms with Gasteiger partial charge in [0.05, 0.1) is 18.2 Å². The zero-order valence-corrected chi connectivity index (χ0v) is 13.5. The van der Waals surface area contributed by atoms with Crippen LogP contribution in [-0.4, -0.2) is 27.7 Å². The highest BCUT2D eigenvalue weighted by atomic mass is 32.2. The molecule has 0 spiro atoms. The van der Waals surface area contributed by atoms with E-state index in [4.69, 9.17) is 10.5 Å². The van der Waals surface area contributed by atoms with Crippen molar-refractivity contribution in [1.82, 2.24) is 19.9 Å². The van der Waals surface area contributed by atoms with E-state index in [2.05, 4.69) is 19.9 Å². The van der Waals surface area contributed by atoms with Gasteiger partial charge in [-0.25, -0.2) is 4.98 Å². The highest BCUT2D eigenvalue weighted by Gasteiger charge is 2.19. The molecular formula is C16H15N5O2S. The maximum atomic E-state index is 12.4. The molecular weight excluding hydrogens is 326 g/mol. The monoisotopic (exact) mass is 341 g/mol. The highest BCUT2D eigenvalue weighted by molar-refractivity contribution is 7.98. The molecule has 1 amide bonds. The first-order chi connectivity index (χ1) is 11.7. The molecule has 1 aliphatic rings. The van der Waals surface area contributed by atoms with Crippen molar-refractivity contribution in [2.45, 2.75) is 17.4 Å². The Bertz CT molecular complexity index is 910. The number of carbonyl (C=O) groups excluding carboxylic acids is 1. The van der Waals surface area contributed by atoms with E-state index in [1.54, 1.807) is 24.5 Å². The van der Waals surface area contributed by atoms with Crippen LogP contribution in [0.15, 0.2) is 41.6 Å². The van der Waals surface area contributed by atoms with E-state index in [0.29, 0.717) is 23.6 Å². The SMILES string of the molecule is N[C@@H]1CCOc2cc(C(=O)NSc3ccnc4[nH]ncc34)ccc21. The number of carbonyl (C=O) groups is 1. The van der Waals surface area contributed by atoms with Crippen LogP contribution in [0, 0.1) is 0 Å². The van der Waals surface area contributed by atoms with Gasteiger partial charge in [0, 0.05) is 34.7 Å². The van der Waals surface area contributed by atoms with Crippen LogP contribution in [0.5, 0.6) is 5.75 Å². The maximum Gasteiger partial charge on any atom is 0.261 e. The van der Waals surface area contributed by atoms with Crippen molar-refractivity contribution in [3.8, 4) is 5.75 Å². The zero-order chi connectivity index (χ0) is 16.5. The summed E-state index contributed by atoms with van der Waals surface area (Å²) in [6.45, 7) is 0.573. The summed E-state index contributed by atoms with van der Waals surface area (Å²) in [7, 11) is 0.